The Kier molecular flexibility index (Phi) is 5.21. The molecule has 1 fully saturated rings. The first-order chi connectivity index (χ1) is 13.3. The van der Waals surface area contributed by atoms with Gasteiger partial charge >= 0.3 is 0 Å². The van der Waals surface area contributed by atoms with E-state index in [-0.39, 0.29) is 11.9 Å². The summed E-state index contributed by atoms with van der Waals surface area (Å²) in [5.74, 6) is 0.00576. The average molecular weight is 358 g/mol. The molecule has 0 spiro atoms. The number of rotatable bonds is 4. The van der Waals surface area contributed by atoms with Crippen molar-refractivity contribution in [3.05, 3.63) is 96.1 Å². The highest BCUT2D eigenvalue weighted by Gasteiger charge is 2.28. The molecule has 5 nitrogen and oxygen atoms in total. The zero-order valence-corrected chi connectivity index (χ0v) is 15.1. The molecule has 0 unspecified atom stereocenters. The Hall–Kier alpha value is -3.05. The van der Waals surface area contributed by atoms with Crippen LogP contribution >= 0.6 is 0 Å². The molecular weight excluding hydrogens is 336 g/mol. The molecule has 0 atom stereocenters. The number of hydrogen-bond acceptors (Lipinski definition) is 4. The lowest BCUT2D eigenvalue weighted by atomic mass is 9.96. The van der Waals surface area contributed by atoms with Crippen molar-refractivity contribution in [1.82, 2.24) is 19.8 Å². The van der Waals surface area contributed by atoms with E-state index in [1.807, 2.05) is 17.0 Å². The lowest BCUT2D eigenvalue weighted by Gasteiger charge is -2.39. The number of nitrogens with zero attached hydrogens (tertiary/aromatic N) is 4. The maximum atomic E-state index is 12.6. The molecule has 1 aromatic heterocycles. The molecule has 2 heterocycles. The van der Waals surface area contributed by atoms with Gasteiger partial charge in [-0.15, -0.1) is 0 Å². The Morgan fingerprint density at radius 2 is 1.30 bits per heavy atom. The van der Waals surface area contributed by atoms with E-state index in [2.05, 4.69) is 63.4 Å². The van der Waals surface area contributed by atoms with E-state index in [1.165, 1.54) is 17.5 Å². The molecule has 1 aliphatic heterocycles. The van der Waals surface area contributed by atoms with E-state index < -0.39 is 0 Å². The molecule has 136 valence electrons. The van der Waals surface area contributed by atoms with Gasteiger partial charge in [0.25, 0.3) is 5.91 Å². The highest BCUT2D eigenvalue weighted by molar-refractivity contribution is 5.93. The third-order valence-corrected chi connectivity index (χ3v) is 5.00. The highest BCUT2D eigenvalue weighted by atomic mass is 16.2. The average Bonchev–Trinajstić information content (AvgIpc) is 2.76. The van der Waals surface area contributed by atoms with Crippen LogP contribution in [-0.4, -0.2) is 51.9 Å². The summed E-state index contributed by atoms with van der Waals surface area (Å²) in [6.45, 7) is 3.05. The summed E-state index contributed by atoms with van der Waals surface area (Å²) in [6.07, 6.45) is 4.61. The summed E-state index contributed by atoms with van der Waals surface area (Å²) in [4.78, 5) is 24.9. The number of carbonyl (C=O) groups excluding carboxylic acids is 1. The van der Waals surface area contributed by atoms with E-state index in [9.17, 15) is 4.79 Å². The van der Waals surface area contributed by atoms with Crippen molar-refractivity contribution in [1.29, 1.82) is 0 Å². The number of amides is 1. The predicted octanol–water partition coefficient (Wildman–Crippen LogP) is 3.02. The van der Waals surface area contributed by atoms with Crippen LogP contribution in [0.3, 0.4) is 0 Å². The predicted molar refractivity (Wildman–Crippen MR) is 104 cm³/mol. The number of benzene rings is 2. The van der Waals surface area contributed by atoms with E-state index >= 15 is 0 Å². The summed E-state index contributed by atoms with van der Waals surface area (Å²) in [5.41, 5.74) is 3.11. The Balaban J connectivity index is 1.51. The summed E-state index contributed by atoms with van der Waals surface area (Å²) >= 11 is 0. The highest BCUT2D eigenvalue weighted by Crippen LogP contribution is 2.29. The van der Waals surface area contributed by atoms with Crippen molar-refractivity contribution >= 4 is 5.91 Å². The number of aromatic nitrogens is 2. The van der Waals surface area contributed by atoms with Gasteiger partial charge in [-0.05, 0) is 11.1 Å². The zero-order valence-electron chi connectivity index (χ0n) is 15.1. The zero-order chi connectivity index (χ0) is 18.5. The molecule has 0 radical (unpaired) electrons. The molecule has 0 aliphatic carbocycles. The maximum absolute atomic E-state index is 12.6. The van der Waals surface area contributed by atoms with Crippen molar-refractivity contribution in [3.63, 3.8) is 0 Å². The number of hydrogen-bond donors (Lipinski definition) is 0. The second-order valence-corrected chi connectivity index (χ2v) is 6.68. The Morgan fingerprint density at radius 1 is 0.778 bits per heavy atom. The molecule has 0 N–H and O–H groups in total. The summed E-state index contributed by atoms with van der Waals surface area (Å²) in [5, 5.41) is 0. The van der Waals surface area contributed by atoms with E-state index in [0.29, 0.717) is 18.7 Å². The fourth-order valence-corrected chi connectivity index (χ4v) is 3.66. The van der Waals surface area contributed by atoms with Crippen LogP contribution in [0.1, 0.15) is 27.5 Å². The third kappa shape index (κ3) is 3.88. The molecule has 27 heavy (non-hydrogen) atoms. The van der Waals surface area contributed by atoms with E-state index in [4.69, 9.17) is 0 Å². The normalized spacial score (nSPS) is 15.1. The van der Waals surface area contributed by atoms with Crippen molar-refractivity contribution in [2.24, 2.45) is 0 Å². The van der Waals surface area contributed by atoms with Crippen LogP contribution in [0.4, 0.5) is 0 Å². The fraction of sp³-hybridized carbons (Fsp3) is 0.227. The first kappa shape index (κ1) is 17.4. The summed E-state index contributed by atoms with van der Waals surface area (Å²) in [6, 6.07) is 21.3. The third-order valence-electron chi connectivity index (χ3n) is 5.00. The topological polar surface area (TPSA) is 49.3 Å². The summed E-state index contributed by atoms with van der Waals surface area (Å²) in [7, 11) is 0. The van der Waals surface area contributed by atoms with Crippen LogP contribution < -0.4 is 0 Å². The van der Waals surface area contributed by atoms with Gasteiger partial charge in [0.1, 0.15) is 6.33 Å². The molecule has 4 rings (SSSR count). The first-order valence-electron chi connectivity index (χ1n) is 9.21. The standard InChI is InChI=1S/C22H22N4O/c27-22(20-15-23-17-24-16-20)26-13-11-25(12-14-26)21(18-7-3-1-4-8-18)19-9-5-2-6-10-19/h1-10,15-17,21H,11-14H2. The first-order valence-corrected chi connectivity index (χ1v) is 9.21. The SMILES string of the molecule is O=C(c1cncnc1)N1CCN(C(c2ccccc2)c2ccccc2)CC1. The van der Waals surface area contributed by atoms with Crippen LogP contribution in [0, 0.1) is 0 Å². The lowest BCUT2D eigenvalue weighted by molar-refractivity contribution is 0.0596. The van der Waals surface area contributed by atoms with Crippen molar-refractivity contribution < 1.29 is 4.79 Å². The molecule has 0 saturated carbocycles. The quantitative estimate of drug-likeness (QED) is 0.719. The van der Waals surface area contributed by atoms with Gasteiger partial charge in [-0.3, -0.25) is 9.69 Å². The van der Waals surface area contributed by atoms with Gasteiger partial charge < -0.3 is 4.90 Å². The minimum Gasteiger partial charge on any atom is -0.336 e. The minimum absolute atomic E-state index is 0.00576. The molecule has 1 aliphatic rings. The molecule has 1 amide bonds. The largest absolute Gasteiger partial charge is 0.336 e. The van der Waals surface area contributed by atoms with Crippen LogP contribution in [-0.2, 0) is 0 Å². The molecule has 2 aromatic carbocycles. The Morgan fingerprint density at radius 3 is 1.81 bits per heavy atom. The van der Waals surface area contributed by atoms with Crippen molar-refractivity contribution in [2.45, 2.75) is 6.04 Å². The van der Waals surface area contributed by atoms with Crippen molar-refractivity contribution in [3.8, 4) is 0 Å². The number of carbonyl (C=O) groups is 1. The molecule has 1 saturated heterocycles. The van der Waals surface area contributed by atoms with Crippen LogP contribution in [0.25, 0.3) is 0 Å². The van der Waals surface area contributed by atoms with Gasteiger partial charge in [-0.2, -0.15) is 0 Å². The minimum atomic E-state index is 0.00576. The van der Waals surface area contributed by atoms with Crippen LogP contribution in [0.2, 0.25) is 0 Å². The van der Waals surface area contributed by atoms with Gasteiger partial charge in [-0.1, -0.05) is 60.7 Å². The summed E-state index contributed by atoms with van der Waals surface area (Å²) < 4.78 is 0. The smallest absolute Gasteiger partial charge is 0.257 e. The fourth-order valence-electron chi connectivity index (χ4n) is 3.66. The van der Waals surface area contributed by atoms with E-state index in [0.717, 1.165) is 13.1 Å². The van der Waals surface area contributed by atoms with Gasteiger partial charge in [-0.25, -0.2) is 9.97 Å². The van der Waals surface area contributed by atoms with Gasteiger partial charge in [0.2, 0.25) is 0 Å². The van der Waals surface area contributed by atoms with E-state index in [1.54, 1.807) is 12.4 Å². The lowest BCUT2D eigenvalue weighted by Crippen LogP contribution is -2.49. The van der Waals surface area contributed by atoms with Gasteiger partial charge in [0.05, 0.1) is 11.6 Å². The maximum Gasteiger partial charge on any atom is 0.257 e. The molecule has 3 aromatic rings. The van der Waals surface area contributed by atoms with Crippen molar-refractivity contribution in [2.75, 3.05) is 26.2 Å². The molecule has 5 heteroatoms. The van der Waals surface area contributed by atoms with Gasteiger partial charge in [0.15, 0.2) is 0 Å². The monoisotopic (exact) mass is 358 g/mol. The van der Waals surface area contributed by atoms with Crippen LogP contribution in [0.5, 0.6) is 0 Å². The second kappa shape index (κ2) is 8.10. The molecular formula is C22H22N4O. The van der Waals surface area contributed by atoms with Gasteiger partial charge in [0, 0.05) is 38.6 Å². The van der Waals surface area contributed by atoms with Crippen LogP contribution in [0.15, 0.2) is 79.4 Å². The Bertz CT molecular complexity index is 823. The number of piperazine rings is 1. The molecule has 0 bridgehead atoms. The Labute approximate surface area is 159 Å². The second-order valence-electron chi connectivity index (χ2n) is 6.68.